The van der Waals surface area contributed by atoms with Crippen LogP contribution in [0.1, 0.15) is 26.7 Å². The molecule has 96 valence electrons. The molecule has 17 heavy (non-hydrogen) atoms. The summed E-state index contributed by atoms with van der Waals surface area (Å²) < 4.78 is 12.9. The lowest BCUT2D eigenvalue weighted by molar-refractivity contribution is 0.538. The van der Waals surface area contributed by atoms with Crippen LogP contribution in [0.5, 0.6) is 0 Å². The fraction of sp³-hybridized carbons (Fsp3) is 0.571. The Hall–Kier alpha value is -1.09. The van der Waals surface area contributed by atoms with Crippen molar-refractivity contribution >= 4 is 5.69 Å². The smallest absolute Gasteiger partial charge is 0.123 e. The molecule has 0 bridgehead atoms. The van der Waals surface area contributed by atoms with Gasteiger partial charge in [-0.05, 0) is 43.1 Å². The lowest BCUT2D eigenvalue weighted by atomic mass is 10.1. The van der Waals surface area contributed by atoms with Gasteiger partial charge in [-0.2, -0.15) is 0 Å². The Labute approximate surface area is 104 Å². The van der Waals surface area contributed by atoms with Crippen molar-refractivity contribution in [3.05, 3.63) is 30.1 Å². The standard InChI is InChI=1S/C14H23FN2/c1-3-12(2)11-17(10-4-9-16)14-7-5-13(15)6-8-14/h5-8,12H,3-4,9-11,16H2,1-2H3. The molecular weight excluding hydrogens is 215 g/mol. The zero-order chi connectivity index (χ0) is 12.7. The lowest BCUT2D eigenvalue weighted by Gasteiger charge is -2.27. The van der Waals surface area contributed by atoms with Crippen molar-refractivity contribution in [3.8, 4) is 0 Å². The lowest BCUT2D eigenvalue weighted by Crippen LogP contribution is -2.30. The van der Waals surface area contributed by atoms with E-state index in [1.54, 1.807) is 0 Å². The van der Waals surface area contributed by atoms with Gasteiger partial charge in [0.25, 0.3) is 0 Å². The third kappa shape index (κ3) is 4.73. The predicted molar refractivity (Wildman–Crippen MR) is 71.7 cm³/mol. The van der Waals surface area contributed by atoms with Crippen molar-refractivity contribution in [3.63, 3.8) is 0 Å². The van der Waals surface area contributed by atoms with Crippen LogP contribution >= 0.6 is 0 Å². The molecule has 0 heterocycles. The molecular formula is C14H23FN2. The highest BCUT2D eigenvalue weighted by molar-refractivity contribution is 5.46. The van der Waals surface area contributed by atoms with Crippen LogP contribution in [0.15, 0.2) is 24.3 Å². The maximum Gasteiger partial charge on any atom is 0.123 e. The number of hydrogen-bond acceptors (Lipinski definition) is 2. The minimum Gasteiger partial charge on any atom is -0.371 e. The van der Waals surface area contributed by atoms with Gasteiger partial charge in [-0.25, -0.2) is 4.39 Å². The van der Waals surface area contributed by atoms with Crippen LogP contribution in [0.4, 0.5) is 10.1 Å². The summed E-state index contributed by atoms with van der Waals surface area (Å²) >= 11 is 0. The number of anilines is 1. The highest BCUT2D eigenvalue weighted by Crippen LogP contribution is 2.17. The molecule has 0 aliphatic heterocycles. The third-order valence-corrected chi connectivity index (χ3v) is 3.05. The quantitative estimate of drug-likeness (QED) is 0.791. The molecule has 1 rings (SSSR count). The van der Waals surface area contributed by atoms with Gasteiger partial charge in [0.15, 0.2) is 0 Å². The Bertz CT molecular complexity index is 311. The number of halogens is 1. The molecule has 0 fully saturated rings. The summed E-state index contributed by atoms with van der Waals surface area (Å²) in [5.41, 5.74) is 6.64. The van der Waals surface area contributed by atoms with Crippen LogP contribution in [-0.2, 0) is 0 Å². The molecule has 0 saturated heterocycles. The Morgan fingerprint density at radius 2 is 1.94 bits per heavy atom. The molecule has 0 spiro atoms. The van der Waals surface area contributed by atoms with E-state index in [1.807, 2.05) is 12.1 Å². The van der Waals surface area contributed by atoms with Crippen LogP contribution in [0.2, 0.25) is 0 Å². The zero-order valence-corrected chi connectivity index (χ0v) is 10.8. The number of nitrogens with zero attached hydrogens (tertiary/aromatic N) is 1. The van der Waals surface area contributed by atoms with E-state index in [4.69, 9.17) is 5.73 Å². The van der Waals surface area contributed by atoms with E-state index >= 15 is 0 Å². The van der Waals surface area contributed by atoms with Crippen molar-refractivity contribution in [1.82, 2.24) is 0 Å². The highest BCUT2D eigenvalue weighted by Gasteiger charge is 2.09. The molecule has 1 atom stereocenters. The van der Waals surface area contributed by atoms with E-state index < -0.39 is 0 Å². The van der Waals surface area contributed by atoms with E-state index in [1.165, 1.54) is 12.1 Å². The zero-order valence-electron chi connectivity index (χ0n) is 10.8. The van der Waals surface area contributed by atoms with E-state index in [0.717, 1.165) is 31.6 Å². The monoisotopic (exact) mass is 238 g/mol. The van der Waals surface area contributed by atoms with Gasteiger partial charge in [0, 0.05) is 18.8 Å². The minimum absolute atomic E-state index is 0.184. The Morgan fingerprint density at radius 3 is 2.47 bits per heavy atom. The molecule has 2 N–H and O–H groups in total. The molecule has 1 aromatic carbocycles. The molecule has 0 amide bonds. The summed E-state index contributed by atoms with van der Waals surface area (Å²) in [6.45, 7) is 7.06. The summed E-state index contributed by atoms with van der Waals surface area (Å²) in [4.78, 5) is 2.29. The van der Waals surface area contributed by atoms with Crippen molar-refractivity contribution in [2.75, 3.05) is 24.5 Å². The average molecular weight is 238 g/mol. The van der Waals surface area contributed by atoms with Gasteiger partial charge in [-0.3, -0.25) is 0 Å². The van der Waals surface area contributed by atoms with Gasteiger partial charge in [0.2, 0.25) is 0 Å². The summed E-state index contributed by atoms with van der Waals surface area (Å²) in [6.07, 6.45) is 2.12. The summed E-state index contributed by atoms with van der Waals surface area (Å²) in [5, 5.41) is 0. The Morgan fingerprint density at radius 1 is 1.29 bits per heavy atom. The summed E-state index contributed by atoms with van der Waals surface area (Å²) in [6, 6.07) is 6.71. The van der Waals surface area contributed by atoms with Crippen molar-refractivity contribution < 1.29 is 4.39 Å². The van der Waals surface area contributed by atoms with Gasteiger partial charge in [-0.1, -0.05) is 20.3 Å². The number of hydrogen-bond donors (Lipinski definition) is 1. The maximum atomic E-state index is 12.9. The number of benzene rings is 1. The first kappa shape index (κ1) is 14.0. The first-order valence-corrected chi connectivity index (χ1v) is 6.38. The molecule has 1 aromatic rings. The summed E-state index contributed by atoms with van der Waals surface area (Å²) in [7, 11) is 0. The summed E-state index contributed by atoms with van der Waals surface area (Å²) in [5.74, 6) is 0.453. The Kier molecular flexibility index (Phi) is 5.98. The first-order valence-electron chi connectivity index (χ1n) is 6.38. The highest BCUT2D eigenvalue weighted by atomic mass is 19.1. The fourth-order valence-corrected chi connectivity index (χ4v) is 1.77. The van der Waals surface area contributed by atoms with Gasteiger partial charge >= 0.3 is 0 Å². The van der Waals surface area contributed by atoms with E-state index in [0.29, 0.717) is 12.5 Å². The van der Waals surface area contributed by atoms with Crippen molar-refractivity contribution in [2.24, 2.45) is 11.7 Å². The molecule has 0 aliphatic carbocycles. The number of rotatable bonds is 7. The van der Waals surface area contributed by atoms with Gasteiger partial charge in [0.05, 0.1) is 0 Å². The second kappa shape index (κ2) is 7.28. The van der Waals surface area contributed by atoms with Crippen LogP contribution in [0.3, 0.4) is 0 Å². The van der Waals surface area contributed by atoms with E-state index in [2.05, 4.69) is 18.7 Å². The SMILES string of the molecule is CCC(C)CN(CCCN)c1ccc(F)cc1. The molecule has 0 saturated carbocycles. The molecule has 0 aliphatic rings. The van der Waals surface area contributed by atoms with Crippen LogP contribution < -0.4 is 10.6 Å². The first-order chi connectivity index (χ1) is 8.17. The van der Waals surface area contributed by atoms with Crippen molar-refractivity contribution in [2.45, 2.75) is 26.7 Å². The topological polar surface area (TPSA) is 29.3 Å². The second-order valence-corrected chi connectivity index (χ2v) is 4.58. The molecule has 1 unspecified atom stereocenters. The van der Waals surface area contributed by atoms with Crippen molar-refractivity contribution in [1.29, 1.82) is 0 Å². The molecule has 0 aromatic heterocycles. The van der Waals surface area contributed by atoms with Gasteiger partial charge < -0.3 is 10.6 Å². The normalized spacial score (nSPS) is 12.5. The van der Waals surface area contributed by atoms with E-state index in [-0.39, 0.29) is 5.82 Å². The largest absolute Gasteiger partial charge is 0.371 e. The average Bonchev–Trinajstić information content (AvgIpc) is 2.35. The minimum atomic E-state index is -0.184. The van der Waals surface area contributed by atoms with E-state index in [9.17, 15) is 4.39 Å². The van der Waals surface area contributed by atoms with Gasteiger partial charge in [0.1, 0.15) is 5.82 Å². The fourth-order valence-electron chi connectivity index (χ4n) is 1.77. The molecule has 2 nitrogen and oxygen atoms in total. The van der Waals surface area contributed by atoms with Gasteiger partial charge in [-0.15, -0.1) is 0 Å². The molecule has 0 radical (unpaired) electrons. The predicted octanol–water partition coefficient (Wildman–Crippen LogP) is 3.03. The molecule has 3 heteroatoms. The van der Waals surface area contributed by atoms with Crippen LogP contribution in [0.25, 0.3) is 0 Å². The van der Waals surface area contributed by atoms with Crippen LogP contribution in [-0.4, -0.2) is 19.6 Å². The third-order valence-electron chi connectivity index (χ3n) is 3.05. The van der Waals surface area contributed by atoms with Crippen LogP contribution in [0, 0.1) is 11.7 Å². The maximum absolute atomic E-state index is 12.9. The number of nitrogens with two attached hydrogens (primary N) is 1. The second-order valence-electron chi connectivity index (χ2n) is 4.58. The Balaban J connectivity index is 2.70.